The van der Waals surface area contributed by atoms with E-state index in [1.54, 1.807) is 31.2 Å². The van der Waals surface area contributed by atoms with Crippen LogP contribution in [0, 0.1) is 6.92 Å². The maximum atomic E-state index is 12.0. The highest BCUT2D eigenvalue weighted by molar-refractivity contribution is 6.30. The van der Waals surface area contributed by atoms with Gasteiger partial charge in [0.05, 0.1) is 0 Å². The minimum atomic E-state index is -0.532. The van der Waals surface area contributed by atoms with E-state index in [4.69, 9.17) is 16.3 Å². The normalized spacial score (nSPS) is 11.8. The summed E-state index contributed by atoms with van der Waals surface area (Å²) in [7, 11) is 0. The first-order chi connectivity index (χ1) is 11.0. The van der Waals surface area contributed by atoms with E-state index in [0.717, 1.165) is 12.8 Å². The lowest BCUT2D eigenvalue weighted by Crippen LogP contribution is -2.36. The van der Waals surface area contributed by atoms with E-state index in [0.29, 0.717) is 17.3 Å². The fourth-order valence-corrected chi connectivity index (χ4v) is 2.41. The number of benzene rings is 2. The average molecular weight is 332 g/mol. The van der Waals surface area contributed by atoms with Crippen LogP contribution in [0.3, 0.4) is 0 Å². The van der Waals surface area contributed by atoms with Crippen LogP contribution >= 0.6 is 11.6 Å². The Morgan fingerprint density at radius 3 is 2.65 bits per heavy atom. The van der Waals surface area contributed by atoms with Crippen LogP contribution in [-0.2, 0) is 11.2 Å². The molecule has 1 amide bonds. The molecule has 122 valence electrons. The van der Waals surface area contributed by atoms with Crippen LogP contribution in [0.4, 0.5) is 0 Å². The Balaban J connectivity index is 1.70. The molecule has 2 aromatic carbocycles. The van der Waals surface area contributed by atoms with Gasteiger partial charge in [-0.1, -0.05) is 41.4 Å². The Bertz CT molecular complexity index is 640. The third kappa shape index (κ3) is 5.95. The smallest absolute Gasteiger partial charge is 0.260 e. The van der Waals surface area contributed by atoms with Crippen molar-refractivity contribution in [2.75, 3.05) is 6.54 Å². The average Bonchev–Trinajstić information content (AvgIpc) is 2.53. The highest BCUT2D eigenvalue weighted by Gasteiger charge is 2.13. The number of carbonyl (C=O) groups is 1. The van der Waals surface area contributed by atoms with E-state index in [-0.39, 0.29) is 5.91 Å². The SMILES string of the molecule is Cc1cccc(CCCNC(=O)[C@H](C)Oc2ccc(Cl)cc2)c1. The fourth-order valence-electron chi connectivity index (χ4n) is 2.29. The first-order valence-corrected chi connectivity index (χ1v) is 8.18. The van der Waals surface area contributed by atoms with E-state index in [1.807, 2.05) is 0 Å². The van der Waals surface area contributed by atoms with Gasteiger partial charge in [0.15, 0.2) is 6.10 Å². The van der Waals surface area contributed by atoms with Crippen LogP contribution in [0.25, 0.3) is 0 Å². The Labute approximate surface area is 142 Å². The summed E-state index contributed by atoms with van der Waals surface area (Å²) in [6.45, 7) is 4.46. The van der Waals surface area contributed by atoms with Crippen molar-refractivity contribution in [2.45, 2.75) is 32.8 Å². The molecule has 0 unspecified atom stereocenters. The van der Waals surface area contributed by atoms with Gasteiger partial charge in [0.2, 0.25) is 0 Å². The van der Waals surface area contributed by atoms with Gasteiger partial charge in [-0.3, -0.25) is 4.79 Å². The Morgan fingerprint density at radius 2 is 1.96 bits per heavy atom. The van der Waals surface area contributed by atoms with Crippen LogP contribution in [0.2, 0.25) is 5.02 Å². The summed E-state index contributed by atoms with van der Waals surface area (Å²) < 4.78 is 5.59. The number of halogens is 1. The van der Waals surface area contributed by atoms with Gasteiger partial charge in [-0.25, -0.2) is 0 Å². The van der Waals surface area contributed by atoms with E-state index in [1.165, 1.54) is 11.1 Å². The number of ether oxygens (including phenoxy) is 1. The molecule has 0 aliphatic rings. The maximum Gasteiger partial charge on any atom is 0.260 e. The van der Waals surface area contributed by atoms with Crippen molar-refractivity contribution in [1.82, 2.24) is 5.32 Å². The van der Waals surface area contributed by atoms with Crippen LogP contribution in [-0.4, -0.2) is 18.6 Å². The summed E-state index contributed by atoms with van der Waals surface area (Å²) in [5.41, 5.74) is 2.56. The predicted molar refractivity (Wildman–Crippen MR) is 94.1 cm³/mol. The predicted octanol–water partition coefficient (Wildman–Crippen LogP) is 4.16. The number of hydrogen-bond donors (Lipinski definition) is 1. The molecule has 1 N–H and O–H groups in total. The van der Waals surface area contributed by atoms with Crippen molar-refractivity contribution >= 4 is 17.5 Å². The third-order valence-electron chi connectivity index (χ3n) is 3.52. The largest absolute Gasteiger partial charge is 0.481 e. The Kier molecular flexibility index (Phi) is 6.48. The first-order valence-electron chi connectivity index (χ1n) is 7.80. The second-order valence-corrected chi connectivity index (χ2v) is 6.03. The molecule has 0 spiro atoms. The van der Waals surface area contributed by atoms with Crippen molar-refractivity contribution < 1.29 is 9.53 Å². The van der Waals surface area contributed by atoms with E-state index in [9.17, 15) is 4.79 Å². The van der Waals surface area contributed by atoms with Crippen molar-refractivity contribution in [3.05, 3.63) is 64.7 Å². The minimum Gasteiger partial charge on any atom is -0.481 e. The molecule has 0 bridgehead atoms. The molecular formula is C19H22ClNO2. The molecule has 0 aromatic heterocycles. The topological polar surface area (TPSA) is 38.3 Å². The molecule has 2 aromatic rings. The number of hydrogen-bond acceptors (Lipinski definition) is 2. The van der Waals surface area contributed by atoms with E-state index < -0.39 is 6.10 Å². The van der Waals surface area contributed by atoms with Crippen molar-refractivity contribution in [1.29, 1.82) is 0 Å². The van der Waals surface area contributed by atoms with Gasteiger partial charge in [0.25, 0.3) is 5.91 Å². The van der Waals surface area contributed by atoms with Gasteiger partial charge in [-0.15, -0.1) is 0 Å². The fraction of sp³-hybridized carbons (Fsp3) is 0.316. The maximum absolute atomic E-state index is 12.0. The number of rotatable bonds is 7. The minimum absolute atomic E-state index is 0.107. The molecular weight excluding hydrogens is 310 g/mol. The summed E-state index contributed by atoms with van der Waals surface area (Å²) in [6.07, 6.45) is 1.33. The summed E-state index contributed by atoms with van der Waals surface area (Å²) in [4.78, 5) is 12.0. The Hall–Kier alpha value is -2.00. The molecule has 2 rings (SSSR count). The van der Waals surface area contributed by atoms with Crippen molar-refractivity contribution in [3.8, 4) is 5.75 Å². The van der Waals surface area contributed by atoms with Crippen LogP contribution in [0.5, 0.6) is 5.75 Å². The lowest BCUT2D eigenvalue weighted by Gasteiger charge is -2.14. The van der Waals surface area contributed by atoms with Crippen LogP contribution < -0.4 is 10.1 Å². The number of carbonyl (C=O) groups excluding carboxylic acids is 1. The summed E-state index contributed by atoms with van der Waals surface area (Å²) in [5, 5.41) is 3.55. The van der Waals surface area contributed by atoms with Crippen molar-refractivity contribution in [2.24, 2.45) is 0 Å². The van der Waals surface area contributed by atoms with E-state index in [2.05, 4.69) is 36.5 Å². The summed E-state index contributed by atoms with van der Waals surface area (Å²) >= 11 is 5.82. The molecule has 1 atom stereocenters. The monoisotopic (exact) mass is 331 g/mol. The van der Waals surface area contributed by atoms with Crippen LogP contribution in [0.1, 0.15) is 24.5 Å². The first kappa shape index (κ1) is 17.4. The van der Waals surface area contributed by atoms with Gasteiger partial charge >= 0.3 is 0 Å². The van der Waals surface area contributed by atoms with Gasteiger partial charge in [-0.2, -0.15) is 0 Å². The van der Waals surface area contributed by atoms with Gasteiger partial charge < -0.3 is 10.1 Å². The van der Waals surface area contributed by atoms with Gasteiger partial charge in [0, 0.05) is 11.6 Å². The molecule has 4 heteroatoms. The molecule has 3 nitrogen and oxygen atoms in total. The lowest BCUT2D eigenvalue weighted by atomic mass is 10.1. The molecule has 0 saturated heterocycles. The summed E-state index contributed by atoms with van der Waals surface area (Å²) in [5.74, 6) is 0.529. The quantitative estimate of drug-likeness (QED) is 0.773. The second kappa shape index (κ2) is 8.59. The highest BCUT2D eigenvalue weighted by atomic mass is 35.5. The molecule has 0 aliphatic carbocycles. The standard InChI is InChI=1S/C19H22ClNO2/c1-14-5-3-6-16(13-14)7-4-12-21-19(22)15(2)23-18-10-8-17(20)9-11-18/h3,5-6,8-11,13,15H,4,7,12H2,1-2H3,(H,21,22)/t15-/m0/s1. The molecule has 0 aliphatic heterocycles. The molecule has 0 heterocycles. The second-order valence-electron chi connectivity index (χ2n) is 5.60. The third-order valence-corrected chi connectivity index (χ3v) is 3.77. The highest BCUT2D eigenvalue weighted by Crippen LogP contribution is 2.16. The molecule has 23 heavy (non-hydrogen) atoms. The van der Waals surface area contributed by atoms with E-state index >= 15 is 0 Å². The molecule has 0 radical (unpaired) electrons. The van der Waals surface area contributed by atoms with Crippen LogP contribution in [0.15, 0.2) is 48.5 Å². The number of aryl methyl sites for hydroxylation is 2. The van der Waals surface area contributed by atoms with Gasteiger partial charge in [-0.05, 0) is 56.5 Å². The Morgan fingerprint density at radius 1 is 1.22 bits per heavy atom. The zero-order chi connectivity index (χ0) is 16.7. The van der Waals surface area contributed by atoms with Gasteiger partial charge in [0.1, 0.15) is 5.75 Å². The number of nitrogens with one attached hydrogen (secondary N) is 1. The van der Waals surface area contributed by atoms with Crippen molar-refractivity contribution in [3.63, 3.8) is 0 Å². The zero-order valence-corrected chi connectivity index (χ0v) is 14.3. The molecule has 0 fully saturated rings. The summed E-state index contributed by atoms with van der Waals surface area (Å²) in [6, 6.07) is 15.4. The number of amides is 1. The molecule has 0 saturated carbocycles. The lowest BCUT2D eigenvalue weighted by molar-refractivity contribution is -0.127. The zero-order valence-electron chi connectivity index (χ0n) is 13.5.